The van der Waals surface area contributed by atoms with Crippen molar-refractivity contribution in [2.45, 2.75) is 0 Å². The molecule has 1 aromatic rings. The Morgan fingerprint density at radius 1 is 1.39 bits per heavy atom. The van der Waals surface area contributed by atoms with E-state index in [1.165, 1.54) is 6.20 Å². The molecule has 0 saturated carbocycles. The third-order valence-electron chi connectivity index (χ3n) is 3.08. The predicted octanol–water partition coefficient (Wildman–Crippen LogP) is -0.137. The van der Waals surface area contributed by atoms with E-state index in [9.17, 15) is 9.59 Å². The first-order valence-corrected chi connectivity index (χ1v) is 6.23. The van der Waals surface area contributed by atoms with Gasteiger partial charge >= 0.3 is 0 Å². The Balaban J connectivity index is 2.04. The minimum Gasteiger partial charge on any atom is -0.338 e. The topological polar surface area (TPSA) is 72.2 Å². The van der Waals surface area contributed by atoms with E-state index in [4.69, 9.17) is 12.2 Å². The Kier molecular flexibility index (Phi) is 4.05. The van der Waals surface area contributed by atoms with Crippen molar-refractivity contribution < 1.29 is 4.79 Å². The van der Waals surface area contributed by atoms with E-state index in [0.29, 0.717) is 0 Å². The van der Waals surface area contributed by atoms with Crippen molar-refractivity contribution in [1.29, 1.82) is 0 Å². The molecule has 7 heteroatoms. The molecule has 0 unspecified atom stereocenters. The van der Waals surface area contributed by atoms with Gasteiger partial charge < -0.3 is 9.88 Å². The van der Waals surface area contributed by atoms with Crippen molar-refractivity contribution in [2.24, 2.45) is 0 Å². The number of carbonyl (C=O) groups is 1. The highest BCUT2D eigenvalue weighted by Gasteiger charge is 2.18. The fourth-order valence-electron chi connectivity index (χ4n) is 1.91. The lowest BCUT2D eigenvalue weighted by atomic mass is 10.2. The fraction of sp³-hybridized carbons (Fsp3) is 0.545. The average molecular weight is 268 g/mol. The Hall–Kier alpha value is -1.31. The molecule has 18 heavy (non-hydrogen) atoms. The zero-order chi connectivity index (χ0) is 13.1. The second kappa shape index (κ2) is 5.55. The Labute approximate surface area is 110 Å². The largest absolute Gasteiger partial charge is 0.338 e. The number of Topliss-reactive ketones (excluding diaryl/α,β-unsaturated/α-hetero) is 1. The summed E-state index contributed by atoms with van der Waals surface area (Å²) in [5, 5.41) is 0. The molecule has 1 aromatic heterocycles. The summed E-state index contributed by atoms with van der Waals surface area (Å²) in [5.41, 5.74) is -0.277. The number of aromatic nitrogens is 2. The monoisotopic (exact) mass is 268 g/mol. The molecule has 1 aliphatic heterocycles. The molecule has 0 aliphatic carbocycles. The van der Waals surface area contributed by atoms with Crippen molar-refractivity contribution >= 4 is 18.0 Å². The maximum atomic E-state index is 12.0. The molecule has 98 valence electrons. The molecule has 0 amide bonds. The van der Waals surface area contributed by atoms with Crippen LogP contribution in [0.3, 0.4) is 0 Å². The van der Waals surface area contributed by atoms with Crippen LogP contribution in [0.2, 0.25) is 0 Å². The third-order valence-corrected chi connectivity index (χ3v) is 3.30. The van der Waals surface area contributed by atoms with Crippen LogP contribution >= 0.6 is 12.2 Å². The summed E-state index contributed by atoms with van der Waals surface area (Å²) >= 11 is 4.78. The summed E-state index contributed by atoms with van der Waals surface area (Å²) in [4.78, 5) is 33.0. The molecule has 2 rings (SSSR count). The molecule has 0 atom stereocenters. The van der Waals surface area contributed by atoms with Gasteiger partial charge in [-0.3, -0.25) is 19.5 Å². The molecular weight excluding hydrogens is 252 g/mol. The number of nitrogens with zero attached hydrogens (tertiary/aromatic N) is 2. The van der Waals surface area contributed by atoms with Crippen LogP contribution < -0.4 is 5.56 Å². The van der Waals surface area contributed by atoms with Crippen LogP contribution in [0, 0.1) is 4.77 Å². The molecule has 2 N–H and O–H groups in total. The van der Waals surface area contributed by atoms with E-state index in [-0.39, 0.29) is 22.7 Å². The first-order chi connectivity index (χ1) is 8.56. The number of rotatable bonds is 3. The van der Waals surface area contributed by atoms with Gasteiger partial charge in [-0.1, -0.05) is 0 Å². The summed E-state index contributed by atoms with van der Waals surface area (Å²) in [6.07, 6.45) is 1.39. The second-order valence-corrected chi connectivity index (χ2v) is 4.90. The maximum Gasteiger partial charge on any atom is 0.262 e. The van der Waals surface area contributed by atoms with Crippen LogP contribution in [0.5, 0.6) is 0 Å². The van der Waals surface area contributed by atoms with Crippen molar-refractivity contribution in [3.63, 3.8) is 0 Å². The van der Waals surface area contributed by atoms with Gasteiger partial charge in [-0.25, -0.2) is 0 Å². The Bertz CT molecular complexity index is 542. The van der Waals surface area contributed by atoms with Gasteiger partial charge in [-0.15, -0.1) is 0 Å². The van der Waals surface area contributed by atoms with E-state index >= 15 is 0 Å². The molecule has 1 fully saturated rings. The van der Waals surface area contributed by atoms with Crippen LogP contribution in [0.25, 0.3) is 0 Å². The van der Waals surface area contributed by atoms with Gasteiger partial charge in [-0.05, 0) is 19.3 Å². The molecule has 0 radical (unpaired) electrons. The molecule has 6 nitrogen and oxygen atoms in total. The normalized spacial score (nSPS) is 17.8. The highest BCUT2D eigenvalue weighted by Crippen LogP contribution is 2.01. The number of hydrogen-bond acceptors (Lipinski definition) is 5. The van der Waals surface area contributed by atoms with Crippen molar-refractivity contribution in [3.05, 3.63) is 26.9 Å². The van der Waals surface area contributed by atoms with E-state index in [0.717, 1.165) is 26.2 Å². The number of likely N-dealkylation sites (N-methyl/N-ethyl adjacent to an activating group) is 1. The lowest BCUT2D eigenvalue weighted by Gasteiger charge is -2.31. The number of hydrogen-bond donors (Lipinski definition) is 2. The molecule has 1 aliphatic rings. The lowest BCUT2D eigenvalue weighted by molar-refractivity contribution is 0.0874. The summed E-state index contributed by atoms with van der Waals surface area (Å²) in [7, 11) is 2.06. The zero-order valence-corrected chi connectivity index (χ0v) is 11.0. The van der Waals surface area contributed by atoms with Crippen LogP contribution in [0.4, 0.5) is 0 Å². The third kappa shape index (κ3) is 3.12. The molecule has 0 spiro atoms. The van der Waals surface area contributed by atoms with Gasteiger partial charge in [0.1, 0.15) is 5.56 Å². The minimum absolute atomic E-state index is 0.141. The van der Waals surface area contributed by atoms with Gasteiger partial charge in [0, 0.05) is 32.4 Å². The van der Waals surface area contributed by atoms with Crippen molar-refractivity contribution in [2.75, 3.05) is 39.8 Å². The first-order valence-electron chi connectivity index (χ1n) is 5.82. The molecule has 0 bridgehead atoms. The van der Waals surface area contributed by atoms with Crippen LogP contribution in [-0.2, 0) is 0 Å². The second-order valence-electron chi connectivity index (χ2n) is 4.49. The quantitative estimate of drug-likeness (QED) is 0.590. The molecular formula is C11H16N4O2S. The van der Waals surface area contributed by atoms with E-state index in [2.05, 4.69) is 26.8 Å². The van der Waals surface area contributed by atoms with Gasteiger partial charge in [-0.2, -0.15) is 0 Å². The summed E-state index contributed by atoms with van der Waals surface area (Å²) in [5.74, 6) is -0.174. The predicted molar refractivity (Wildman–Crippen MR) is 70.5 cm³/mol. The SMILES string of the molecule is CN1CCN(CC(=O)c2c[nH]c(=S)[nH]c2=O)CC1. The van der Waals surface area contributed by atoms with Crippen LogP contribution in [0.1, 0.15) is 10.4 Å². The zero-order valence-electron chi connectivity index (χ0n) is 10.2. The highest BCUT2D eigenvalue weighted by atomic mass is 32.1. The fourth-order valence-corrected chi connectivity index (χ4v) is 2.06. The number of ketones is 1. The number of nitrogens with one attached hydrogen (secondary N) is 2. The lowest BCUT2D eigenvalue weighted by Crippen LogP contribution is -2.46. The van der Waals surface area contributed by atoms with Crippen LogP contribution in [-0.4, -0.2) is 65.3 Å². The Morgan fingerprint density at radius 3 is 2.67 bits per heavy atom. The average Bonchev–Trinajstić information content (AvgIpc) is 2.32. The standard InChI is InChI=1S/C11H16N4O2S/c1-14-2-4-15(5-3-14)7-9(16)8-6-12-11(18)13-10(8)17/h6H,2-5,7H2,1H3,(H2,12,13,17,18). The smallest absolute Gasteiger partial charge is 0.262 e. The first kappa shape index (κ1) is 13.1. The highest BCUT2D eigenvalue weighted by molar-refractivity contribution is 7.71. The van der Waals surface area contributed by atoms with E-state index in [1.807, 2.05) is 0 Å². The van der Waals surface area contributed by atoms with Gasteiger partial charge in [0.15, 0.2) is 10.6 Å². The number of aromatic amines is 2. The number of H-pyrrole nitrogens is 2. The van der Waals surface area contributed by atoms with Gasteiger partial charge in [0.2, 0.25) is 0 Å². The molecule has 2 heterocycles. The van der Waals surface area contributed by atoms with E-state index < -0.39 is 5.56 Å². The summed E-state index contributed by atoms with van der Waals surface area (Å²) in [6, 6.07) is 0. The number of carbonyl (C=O) groups excluding carboxylic acids is 1. The Morgan fingerprint density at radius 2 is 2.06 bits per heavy atom. The van der Waals surface area contributed by atoms with Crippen molar-refractivity contribution in [1.82, 2.24) is 19.8 Å². The van der Waals surface area contributed by atoms with Crippen molar-refractivity contribution in [3.8, 4) is 0 Å². The molecule has 0 aromatic carbocycles. The number of piperazine rings is 1. The van der Waals surface area contributed by atoms with E-state index in [1.54, 1.807) is 0 Å². The minimum atomic E-state index is -0.419. The molecule has 1 saturated heterocycles. The summed E-state index contributed by atoms with van der Waals surface area (Å²) in [6.45, 7) is 3.87. The van der Waals surface area contributed by atoms with Gasteiger partial charge in [0.25, 0.3) is 5.56 Å². The summed E-state index contributed by atoms with van der Waals surface area (Å²) < 4.78 is 0.233. The van der Waals surface area contributed by atoms with Crippen LogP contribution in [0.15, 0.2) is 11.0 Å². The maximum absolute atomic E-state index is 12.0. The van der Waals surface area contributed by atoms with Gasteiger partial charge in [0.05, 0.1) is 6.54 Å².